The van der Waals surface area contributed by atoms with Crippen molar-refractivity contribution in [2.75, 3.05) is 7.11 Å². The van der Waals surface area contributed by atoms with Gasteiger partial charge in [-0.1, -0.05) is 54.6 Å². The maximum atomic E-state index is 11.4. The molecule has 0 spiro atoms. The second-order valence-electron chi connectivity index (χ2n) is 4.96. The van der Waals surface area contributed by atoms with Gasteiger partial charge in [-0.05, 0) is 29.0 Å². The number of ether oxygens (including phenoxy) is 1. The fourth-order valence-corrected chi connectivity index (χ4v) is 2.53. The van der Waals surface area contributed by atoms with E-state index in [0.29, 0.717) is 5.92 Å². The predicted molar refractivity (Wildman–Crippen MR) is 74.7 cm³/mol. The van der Waals surface area contributed by atoms with Crippen molar-refractivity contribution >= 4 is 5.97 Å². The van der Waals surface area contributed by atoms with Crippen LogP contribution in [0.3, 0.4) is 0 Å². The Bertz CT molecular complexity index is 572. The molecule has 0 amide bonds. The summed E-state index contributed by atoms with van der Waals surface area (Å²) < 4.78 is 4.78. The Kier molecular flexibility index (Phi) is 3.08. The van der Waals surface area contributed by atoms with E-state index in [-0.39, 0.29) is 11.9 Å². The van der Waals surface area contributed by atoms with Gasteiger partial charge in [-0.3, -0.25) is 4.79 Å². The van der Waals surface area contributed by atoms with E-state index in [1.54, 1.807) is 0 Å². The Balaban J connectivity index is 1.76. The molecule has 1 saturated carbocycles. The fourth-order valence-electron chi connectivity index (χ4n) is 2.53. The van der Waals surface area contributed by atoms with Gasteiger partial charge in [0.2, 0.25) is 0 Å². The first kappa shape index (κ1) is 12.0. The summed E-state index contributed by atoms with van der Waals surface area (Å²) in [6, 6.07) is 18.8. The van der Waals surface area contributed by atoms with E-state index >= 15 is 0 Å². The van der Waals surface area contributed by atoms with Gasteiger partial charge >= 0.3 is 5.97 Å². The first-order valence-electron chi connectivity index (χ1n) is 6.53. The third-order valence-corrected chi connectivity index (χ3v) is 3.74. The Morgan fingerprint density at radius 3 is 2.26 bits per heavy atom. The van der Waals surface area contributed by atoms with Gasteiger partial charge in [0.05, 0.1) is 13.0 Å². The van der Waals surface area contributed by atoms with Crippen LogP contribution in [-0.2, 0) is 9.53 Å². The van der Waals surface area contributed by atoms with Gasteiger partial charge in [0.1, 0.15) is 0 Å². The molecule has 0 heterocycles. The monoisotopic (exact) mass is 252 g/mol. The maximum Gasteiger partial charge on any atom is 0.309 e. The van der Waals surface area contributed by atoms with Gasteiger partial charge in [-0.2, -0.15) is 0 Å². The molecule has 2 aromatic carbocycles. The van der Waals surface area contributed by atoms with Crippen molar-refractivity contribution in [1.29, 1.82) is 0 Å². The predicted octanol–water partition coefficient (Wildman–Crippen LogP) is 3.63. The summed E-state index contributed by atoms with van der Waals surface area (Å²) in [6.07, 6.45) is 0.914. The minimum atomic E-state index is -0.0860. The molecular formula is C17H16O2. The van der Waals surface area contributed by atoms with Gasteiger partial charge in [-0.15, -0.1) is 0 Å². The van der Waals surface area contributed by atoms with Crippen molar-refractivity contribution in [2.24, 2.45) is 5.92 Å². The lowest BCUT2D eigenvalue weighted by molar-refractivity contribution is -0.142. The number of esters is 1. The summed E-state index contributed by atoms with van der Waals surface area (Å²) in [5.74, 6) is 0.321. The maximum absolute atomic E-state index is 11.4. The van der Waals surface area contributed by atoms with Gasteiger partial charge < -0.3 is 4.74 Å². The third-order valence-electron chi connectivity index (χ3n) is 3.74. The van der Waals surface area contributed by atoms with Crippen LogP contribution in [-0.4, -0.2) is 13.1 Å². The highest BCUT2D eigenvalue weighted by molar-refractivity contribution is 5.77. The lowest BCUT2D eigenvalue weighted by atomic mass is 10.0. The highest BCUT2D eigenvalue weighted by Crippen LogP contribution is 2.48. The van der Waals surface area contributed by atoms with Crippen LogP contribution in [0.25, 0.3) is 11.1 Å². The number of methoxy groups -OCH3 is 1. The molecule has 0 aromatic heterocycles. The second kappa shape index (κ2) is 4.88. The highest BCUT2D eigenvalue weighted by atomic mass is 16.5. The molecule has 0 N–H and O–H groups in total. The molecule has 1 aliphatic rings. The largest absolute Gasteiger partial charge is 0.469 e. The van der Waals surface area contributed by atoms with E-state index in [1.807, 2.05) is 18.2 Å². The van der Waals surface area contributed by atoms with Crippen molar-refractivity contribution in [3.8, 4) is 11.1 Å². The van der Waals surface area contributed by atoms with Gasteiger partial charge in [-0.25, -0.2) is 0 Å². The number of hydrogen-bond donors (Lipinski definition) is 0. The van der Waals surface area contributed by atoms with E-state index in [0.717, 1.165) is 6.42 Å². The molecule has 3 rings (SSSR count). The molecule has 0 saturated heterocycles. The summed E-state index contributed by atoms with van der Waals surface area (Å²) in [6.45, 7) is 0. The standard InChI is InChI=1S/C17H16O2/c1-19-17(18)16-11-15(16)14-9-7-13(8-10-14)12-5-3-2-4-6-12/h2-10,15-16H,11H2,1H3/t15-,16+/m1/s1. The molecule has 1 fully saturated rings. The first-order valence-corrected chi connectivity index (χ1v) is 6.53. The Morgan fingerprint density at radius 2 is 1.63 bits per heavy atom. The van der Waals surface area contributed by atoms with Crippen LogP contribution in [0.2, 0.25) is 0 Å². The van der Waals surface area contributed by atoms with Gasteiger partial charge in [0.25, 0.3) is 0 Å². The molecule has 0 unspecified atom stereocenters. The van der Waals surface area contributed by atoms with E-state index in [9.17, 15) is 4.79 Å². The lowest BCUT2D eigenvalue weighted by Gasteiger charge is -2.04. The van der Waals surface area contributed by atoms with Crippen LogP contribution in [0, 0.1) is 5.92 Å². The number of hydrogen-bond acceptors (Lipinski definition) is 2. The van der Waals surface area contributed by atoms with Crippen LogP contribution in [0.15, 0.2) is 54.6 Å². The van der Waals surface area contributed by atoms with E-state index < -0.39 is 0 Å². The molecular weight excluding hydrogens is 236 g/mol. The minimum absolute atomic E-state index is 0.0626. The molecule has 19 heavy (non-hydrogen) atoms. The van der Waals surface area contributed by atoms with Gasteiger partial charge in [0, 0.05) is 0 Å². The molecule has 0 bridgehead atoms. The van der Waals surface area contributed by atoms with Crippen molar-refractivity contribution in [3.63, 3.8) is 0 Å². The van der Waals surface area contributed by atoms with Crippen LogP contribution in [0.5, 0.6) is 0 Å². The zero-order chi connectivity index (χ0) is 13.2. The fraction of sp³-hybridized carbons (Fsp3) is 0.235. The summed E-state index contributed by atoms with van der Waals surface area (Å²) in [7, 11) is 1.45. The summed E-state index contributed by atoms with van der Waals surface area (Å²) in [4.78, 5) is 11.4. The molecule has 2 aromatic rings. The molecule has 1 aliphatic carbocycles. The van der Waals surface area contributed by atoms with Crippen LogP contribution in [0.4, 0.5) is 0 Å². The molecule has 2 heteroatoms. The van der Waals surface area contributed by atoms with Crippen LogP contribution in [0.1, 0.15) is 17.9 Å². The molecule has 2 nitrogen and oxygen atoms in total. The van der Waals surface area contributed by atoms with Gasteiger partial charge in [0.15, 0.2) is 0 Å². The van der Waals surface area contributed by atoms with Crippen molar-refractivity contribution in [1.82, 2.24) is 0 Å². The number of rotatable bonds is 3. The first-order chi connectivity index (χ1) is 9.29. The number of benzene rings is 2. The number of carbonyl (C=O) groups is 1. The summed E-state index contributed by atoms with van der Waals surface area (Å²) in [5.41, 5.74) is 3.66. The van der Waals surface area contributed by atoms with E-state index in [2.05, 4.69) is 36.4 Å². The molecule has 0 radical (unpaired) electrons. The second-order valence-corrected chi connectivity index (χ2v) is 4.96. The highest BCUT2D eigenvalue weighted by Gasteiger charge is 2.44. The zero-order valence-electron chi connectivity index (χ0n) is 10.9. The van der Waals surface area contributed by atoms with E-state index in [1.165, 1.54) is 23.8 Å². The van der Waals surface area contributed by atoms with Crippen molar-refractivity contribution in [3.05, 3.63) is 60.2 Å². The van der Waals surface area contributed by atoms with Crippen molar-refractivity contribution in [2.45, 2.75) is 12.3 Å². The van der Waals surface area contributed by atoms with E-state index in [4.69, 9.17) is 4.74 Å². The third kappa shape index (κ3) is 2.39. The molecule has 0 aliphatic heterocycles. The topological polar surface area (TPSA) is 26.3 Å². The SMILES string of the molecule is COC(=O)[C@H]1C[C@@H]1c1ccc(-c2ccccc2)cc1. The molecule has 96 valence electrons. The van der Waals surface area contributed by atoms with Crippen LogP contribution >= 0.6 is 0 Å². The lowest BCUT2D eigenvalue weighted by Crippen LogP contribution is -2.03. The Labute approximate surface area is 113 Å². The minimum Gasteiger partial charge on any atom is -0.469 e. The number of carbonyl (C=O) groups excluding carboxylic acids is 1. The Hall–Kier alpha value is -2.09. The Morgan fingerprint density at radius 1 is 1.00 bits per heavy atom. The van der Waals surface area contributed by atoms with Crippen LogP contribution < -0.4 is 0 Å². The molecule has 2 atom stereocenters. The zero-order valence-corrected chi connectivity index (χ0v) is 10.9. The summed E-state index contributed by atoms with van der Waals surface area (Å²) in [5, 5.41) is 0. The average Bonchev–Trinajstić information content (AvgIpc) is 3.28. The smallest absolute Gasteiger partial charge is 0.309 e. The quantitative estimate of drug-likeness (QED) is 0.780. The average molecular weight is 252 g/mol. The summed E-state index contributed by atoms with van der Waals surface area (Å²) >= 11 is 0. The van der Waals surface area contributed by atoms with Crippen molar-refractivity contribution < 1.29 is 9.53 Å². The normalized spacial score (nSPS) is 20.9.